The highest BCUT2D eigenvalue weighted by Gasteiger charge is 2.24. The minimum absolute atomic E-state index is 0.0698. The topological polar surface area (TPSA) is 68.3 Å². The van der Waals surface area contributed by atoms with Crippen LogP contribution < -0.4 is 0 Å². The predicted molar refractivity (Wildman–Crippen MR) is 170 cm³/mol. The zero-order chi connectivity index (χ0) is 31.2. The average Bonchev–Trinajstić information content (AvgIpc) is 3.64. The fourth-order valence-electron chi connectivity index (χ4n) is 5.47. The van der Waals surface area contributed by atoms with Crippen molar-refractivity contribution in [2.45, 2.75) is 11.3 Å². The summed E-state index contributed by atoms with van der Waals surface area (Å²) in [5.74, 6) is -1.50. The predicted octanol–water partition coefficient (Wildman–Crippen LogP) is 10.8. The van der Waals surface area contributed by atoms with E-state index in [0.29, 0.717) is 32.6 Å². The van der Waals surface area contributed by atoms with Crippen molar-refractivity contribution in [2.24, 2.45) is 0 Å². The molecule has 45 heavy (non-hydrogen) atoms. The normalized spacial score (nSPS) is 11.6. The van der Waals surface area contributed by atoms with Gasteiger partial charge in [0.2, 0.25) is 0 Å². The number of nitrogens with zero attached hydrogens (tertiary/aromatic N) is 2. The van der Waals surface area contributed by atoms with Gasteiger partial charge in [-0.3, -0.25) is 3.97 Å². The molecule has 0 aliphatic heterocycles. The first-order chi connectivity index (χ1) is 21.8. The molecule has 0 saturated carbocycles. The van der Waals surface area contributed by atoms with Crippen molar-refractivity contribution < 1.29 is 27.6 Å². The number of aromatic nitrogens is 2. The van der Waals surface area contributed by atoms with E-state index >= 15 is 0 Å². The van der Waals surface area contributed by atoms with Gasteiger partial charge < -0.3 is 9.63 Å². The van der Waals surface area contributed by atoms with Gasteiger partial charge >= 0.3 is 5.97 Å². The van der Waals surface area contributed by atoms with Gasteiger partial charge in [-0.05, 0) is 77.7 Å². The molecular weight excluding hydrogens is 621 g/mol. The second-order valence-electron chi connectivity index (χ2n) is 10.3. The third-order valence-electron chi connectivity index (χ3n) is 7.55. The lowest BCUT2D eigenvalue weighted by Crippen LogP contribution is -1.96. The lowest BCUT2D eigenvalue weighted by atomic mass is 9.94. The summed E-state index contributed by atoms with van der Waals surface area (Å²) in [6, 6.07) is 28.3. The number of rotatable bonds is 7. The van der Waals surface area contributed by atoms with Gasteiger partial charge in [0.25, 0.3) is 6.43 Å². The number of benzene rings is 5. The molecule has 0 radical (unpaired) electrons. The monoisotopic (exact) mass is 640 g/mol. The van der Waals surface area contributed by atoms with Crippen molar-refractivity contribution in [1.29, 1.82) is 0 Å². The van der Waals surface area contributed by atoms with Crippen molar-refractivity contribution in [3.8, 4) is 33.5 Å². The molecule has 10 heteroatoms. The highest BCUT2D eigenvalue weighted by atomic mass is 35.5. The standard InChI is InChI=1S/C35H20ClF3N2O3S/c36-29-16-22(35(42)43)9-13-25(29)20-3-1-4-21(15-20)33-32(26-5-2-6-31-28(26)18-40-44-31)27-17-23(37)10-14-30(27)41(33)45-24-11-7-19(8-12-24)34(38)39/h1-18,34H,(H,42,43). The van der Waals surface area contributed by atoms with Crippen LogP contribution in [0.2, 0.25) is 5.02 Å². The van der Waals surface area contributed by atoms with Crippen LogP contribution in [0.3, 0.4) is 0 Å². The largest absolute Gasteiger partial charge is 0.478 e. The Morgan fingerprint density at radius 3 is 2.40 bits per heavy atom. The van der Waals surface area contributed by atoms with Crippen molar-refractivity contribution in [3.05, 3.63) is 131 Å². The average molecular weight is 641 g/mol. The fourth-order valence-corrected chi connectivity index (χ4v) is 6.77. The highest BCUT2D eigenvalue weighted by molar-refractivity contribution is 7.98. The van der Waals surface area contributed by atoms with E-state index < -0.39 is 18.2 Å². The summed E-state index contributed by atoms with van der Waals surface area (Å²) < 4.78 is 49.0. The zero-order valence-electron chi connectivity index (χ0n) is 23.0. The zero-order valence-corrected chi connectivity index (χ0v) is 24.6. The molecule has 2 aromatic heterocycles. The van der Waals surface area contributed by atoms with E-state index in [-0.39, 0.29) is 16.1 Å². The molecule has 0 amide bonds. The molecule has 0 saturated heterocycles. The van der Waals surface area contributed by atoms with Crippen LogP contribution in [0, 0.1) is 5.82 Å². The summed E-state index contributed by atoms with van der Waals surface area (Å²) in [5.41, 5.74) is 5.57. The molecule has 222 valence electrons. The van der Waals surface area contributed by atoms with Crippen LogP contribution in [0.1, 0.15) is 22.3 Å². The summed E-state index contributed by atoms with van der Waals surface area (Å²) in [5, 5.41) is 15.0. The van der Waals surface area contributed by atoms with Crippen molar-refractivity contribution in [2.75, 3.05) is 0 Å². The second kappa shape index (κ2) is 11.5. The molecule has 7 rings (SSSR count). The smallest absolute Gasteiger partial charge is 0.335 e. The van der Waals surface area contributed by atoms with Crippen LogP contribution in [0.15, 0.2) is 119 Å². The molecule has 0 fully saturated rings. The van der Waals surface area contributed by atoms with Gasteiger partial charge in [0.15, 0.2) is 5.58 Å². The molecule has 0 bridgehead atoms. The number of carboxylic acids is 1. The quantitative estimate of drug-likeness (QED) is 0.188. The third kappa shape index (κ3) is 5.24. The number of halogens is 4. The van der Waals surface area contributed by atoms with Crippen LogP contribution in [0.5, 0.6) is 0 Å². The number of hydrogen-bond acceptors (Lipinski definition) is 4. The first kappa shape index (κ1) is 28.8. The molecule has 5 aromatic carbocycles. The molecular formula is C35H20ClF3N2O3S. The minimum Gasteiger partial charge on any atom is -0.478 e. The Bertz CT molecular complexity index is 2250. The molecule has 0 spiro atoms. The van der Waals surface area contributed by atoms with E-state index in [4.69, 9.17) is 16.1 Å². The Balaban J connectivity index is 1.51. The van der Waals surface area contributed by atoms with Crippen molar-refractivity contribution in [3.63, 3.8) is 0 Å². The van der Waals surface area contributed by atoms with Gasteiger partial charge in [-0.2, -0.15) is 0 Å². The molecule has 0 aliphatic carbocycles. The minimum atomic E-state index is -2.59. The molecule has 5 nitrogen and oxygen atoms in total. The highest BCUT2D eigenvalue weighted by Crippen LogP contribution is 2.47. The Morgan fingerprint density at radius 1 is 0.867 bits per heavy atom. The van der Waals surface area contributed by atoms with Crippen LogP contribution in [0.25, 0.3) is 55.4 Å². The lowest BCUT2D eigenvalue weighted by molar-refractivity contribution is 0.0697. The van der Waals surface area contributed by atoms with E-state index in [0.717, 1.165) is 27.6 Å². The van der Waals surface area contributed by atoms with Crippen LogP contribution in [-0.4, -0.2) is 20.2 Å². The van der Waals surface area contributed by atoms with Crippen LogP contribution in [-0.2, 0) is 0 Å². The Hall–Kier alpha value is -4.99. The van der Waals surface area contributed by atoms with E-state index in [1.807, 2.05) is 40.4 Å². The number of carbonyl (C=O) groups is 1. The maximum Gasteiger partial charge on any atom is 0.335 e. The van der Waals surface area contributed by atoms with Crippen LogP contribution >= 0.6 is 23.5 Å². The van der Waals surface area contributed by atoms with Crippen molar-refractivity contribution >= 4 is 51.4 Å². The summed E-state index contributed by atoms with van der Waals surface area (Å²) in [7, 11) is 0. The van der Waals surface area contributed by atoms with Gasteiger partial charge in [-0.1, -0.05) is 65.3 Å². The molecule has 0 aliphatic rings. The van der Waals surface area contributed by atoms with Gasteiger partial charge in [0.1, 0.15) is 5.82 Å². The van der Waals surface area contributed by atoms with Gasteiger partial charge in [0.05, 0.1) is 23.0 Å². The van der Waals surface area contributed by atoms with Gasteiger partial charge in [-0.25, -0.2) is 18.0 Å². The summed E-state index contributed by atoms with van der Waals surface area (Å²) in [4.78, 5) is 12.2. The number of fused-ring (bicyclic) bond motifs is 2. The number of carboxylic acid groups (broad SMARTS) is 1. The van der Waals surface area contributed by atoms with E-state index in [1.165, 1.54) is 48.3 Å². The maximum atomic E-state index is 14.9. The maximum absolute atomic E-state index is 14.9. The fraction of sp³-hybridized carbons (Fsp3) is 0.0286. The molecule has 0 unspecified atom stereocenters. The summed E-state index contributed by atoms with van der Waals surface area (Å²) in [6.45, 7) is 0. The van der Waals surface area contributed by atoms with Crippen molar-refractivity contribution in [1.82, 2.24) is 9.13 Å². The van der Waals surface area contributed by atoms with Gasteiger partial charge in [-0.15, -0.1) is 0 Å². The third-order valence-corrected chi connectivity index (χ3v) is 8.90. The first-order valence-corrected chi connectivity index (χ1v) is 14.8. The summed E-state index contributed by atoms with van der Waals surface area (Å²) in [6.07, 6.45) is -0.974. The first-order valence-electron chi connectivity index (χ1n) is 13.7. The SMILES string of the molecule is O=C(O)c1ccc(-c2cccc(-c3c(-c4cccc5oncc45)c4cc(F)ccc4n3Sc3ccc(C(F)F)cc3)c2)c(Cl)c1. The molecule has 0 atom stereocenters. The molecule has 1 N–H and O–H groups in total. The molecule has 7 aromatic rings. The Kier molecular flexibility index (Phi) is 7.35. The van der Waals surface area contributed by atoms with E-state index in [9.17, 15) is 23.1 Å². The Morgan fingerprint density at radius 2 is 1.64 bits per heavy atom. The number of hydrogen-bond donors (Lipinski definition) is 1. The second-order valence-corrected chi connectivity index (χ2v) is 11.7. The van der Waals surface area contributed by atoms with E-state index in [2.05, 4.69) is 5.16 Å². The number of alkyl halides is 2. The lowest BCUT2D eigenvalue weighted by Gasteiger charge is -2.14. The number of aromatic carboxylic acids is 1. The Labute approximate surface area is 263 Å². The van der Waals surface area contributed by atoms with E-state index in [1.54, 1.807) is 36.5 Å². The van der Waals surface area contributed by atoms with Gasteiger partial charge in [0, 0.05) is 42.9 Å². The molecule has 2 heterocycles. The van der Waals surface area contributed by atoms with Crippen LogP contribution in [0.4, 0.5) is 13.2 Å². The summed E-state index contributed by atoms with van der Waals surface area (Å²) >= 11 is 7.87.